The molecule has 0 unspecified atom stereocenters. The van der Waals surface area contributed by atoms with E-state index < -0.39 is 0 Å². The molecule has 1 amide bonds. The highest BCUT2D eigenvalue weighted by molar-refractivity contribution is 7.80. The Hall–Kier alpha value is -2.60. The average Bonchev–Trinajstić information content (AvgIpc) is 2.83. The van der Waals surface area contributed by atoms with Crippen LogP contribution in [0.3, 0.4) is 0 Å². The van der Waals surface area contributed by atoms with E-state index in [-0.39, 0.29) is 11.9 Å². The Morgan fingerprint density at radius 2 is 1.58 bits per heavy atom. The first-order chi connectivity index (χ1) is 11.6. The second-order valence-corrected chi connectivity index (χ2v) is 5.73. The lowest BCUT2D eigenvalue weighted by molar-refractivity contribution is -0.117. The first kappa shape index (κ1) is 16.3. The van der Waals surface area contributed by atoms with Gasteiger partial charge in [-0.05, 0) is 74.6 Å². The second kappa shape index (κ2) is 6.88. The lowest BCUT2D eigenvalue weighted by Gasteiger charge is -2.15. The van der Waals surface area contributed by atoms with Crippen LogP contribution in [-0.4, -0.2) is 23.7 Å². The molecule has 1 fully saturated rings. The Labute approximate surface area is 146 Å². The van der Waals surface area contributed by atoms with Gasteiger partial charge in [0.25, 0.3) is 5.91 Å². The minimum absolute atomic E-state index is 0.0554. The molecule has 6 heteroatoms. The second-order valence-electron chi connectivity index (χ2n) is 5.35. The van der Waals surface area contributed by atoms with Crippen LogP contribution in [0.2, 0.25) is 0 Å². The number of carbonyl (C=O) groups is 1. The number of thiocarbonyl (C=S) groups is 1. The molecule has 0 spiro atoms. The van der Waals surface area contributed by atoms with E-state index in [0.717, 1.165) is 11.4 Å². The summed E-state index contributed by atoms with van der Waals surface area (Å²) in [4.78, 5) is 13.6. The molecular formula is C18H18N2O3S. The predicted octanol–water partition coefficient (Wildman–Crippen LogP) is 3.49. The van der Waals surface area contributed by atoms with Crippen LogP contribution in [0.5, 0.6) is 17.2 Å². The minimum Gasteiger partial charge on any atom is -0.494 e. The maximum absolute atomic E-state index is 12.1. The van der Waals surface area contributed by atoms with Crippen molar-refractivity contribution in [2.45, 2.75) is 19.9 Å². The third-order valence-corrected chi connectivity index (χ3v) is 3.90. The van der Waals surface area contributed by atoms with Gasteiger partial charge in [-0.15, -0.1) is 0 Å². The maximum Gasteiger partial charge on any atom is 0.255 e. The summed E-state index contributed by atoms with van der Waals surface area (Å²) in [5.41, 5.74) is 0.723. The fourth-order valence-corrected chi connectivity index (χ4v) is 2.79. The third-order valence-electron chi connectivity index (χ3n) is 3.60. The summed E-state index contributed by atoms with van der Waals surface area (Å²) < 4.78 is 11.2. The summed E-state index contributed by atoms with van der Waals surface area (Å²) in [5.74, 6) is 2.15. The van der Waals surface area contributed by atoms with Gasteiger partial charge in [-0.25, -0.2) is 0 Å². The van der Waals surface area contributed by atoms with Crippen molar-refractivity contribution in [3.05, 3.63) is 48.5 Å². The molecule has 0 aromatic heterocycles. The van der Waals surface area contributed by atoms with Crippen LogP contribution in [0.1, 0.15) is 13.8 Å². The van der Waals surface area contributed by atoms with Gasteiger partial charge in [0.05, 0.1) is 12.3 Å². The van der Waals surface area contributed by atoms with Crippen LogP contribution < -0.4 is 19.7 Å². The smallest absolute Gasteiger partial charge is 0.255 e. The molecule has 5 nitrogen and oxygen atoms in total. The van der Waals surface area contributed by atoms with Gasteiger partial charge in [0.2, 0.25) is 0 Å². The van der Waals surface area contributed by atoms with Gasteiger partial charge in [-0.3, -0.25) is 9.69 Å². The fourth-order valence-electron chi connectivity index (χ4n) is 2.42. The minimum atomic E-state index is -0.294. The Balaban J connectivity index is 1.70. The van der Waals surface area contributed by atoms with E-state index in [0.29, 0.717) is 23.2 Å². The number of anilines is 1. The monoisotopic (exact) mass is 342 g/mol. The molecule has 124 valence electrons. The quantitative estimate of drug-likeness (QED) is 0.843. The van der Waals surface area contributed by atoms with Crippen LogP contribution in [-0.2, 0) is 4.79 Å². The third kappa shape index (κ3) is 3.33. The van der Waals surface area contributed by atoms with E-state index in [4.69, 9.17) is 21.7 Å². The molecule has 2 aromatic rings. The van der Waals surface area contributed by atoms with Gasteiger partial charge < -0.3 is 14.8 Å². The molecule has 2 aromatic carbocycles. The van der Waals surface area contributed by atoms with E-state index in [9.17, 15) is 4.79 Å². The largest absolute Gasteiger partial charge is 0.494 e. The summed E-state index contributed by atoms with van der Waals surface area (Å²) >= 11 is 5.20. The molecule has 1 N–H and O–H groups in total. The molecule has 0 radical (unpaired) electrons. The number of amides is 1. The Morgan fingerprint density at radius 3 is 2.08 bits per heavy atom. The summed E-state index contributed by atoms with van der Waals surface area (Å²) in [6, 6.07) is 14.4. The van der Waals surface area contributed by atoms with Crippen molar-refractivity contribution in [3.8, 4) is 17.2 Å². The highest BCUT2D eigenvalue weighted by atomic mass is 32.1. The van der Waals surface area contributed by atoms with Gasteiger partial charge >= 0.3 is 0 Å². The first-order valence-electron chi connectivity index (χ1n) is 7.73. The van der Waals surface area contributed by atoms with Gasteiger partial charge in [-0.2, -0.15) is 0 Å². The summed E-state index contributed by atoms with van der Waals surface area (Å²) in [7, 11) is 0. The zero-order valence-corrected chi connectivity index (χ0v) is 14.3. The number of hydrogen-bond donors (Lipinski definition) is 1. The summed E-state index contributed by atoms with van der Waals surface area (Å²) in [5, 5.41) is 3.37. The van der Waals surface area contributed by atoms with Crippen molar-refractivity contribution in [2.75, 3.05) is 11.5 Å². The molecule has 0 aliphatic carbocycles. The molecule has 24 heavy (non-hydrogen) atoms. The average molecular weight is 342 g/mol. The number of hydrogen-bond acceptors (Lipinski definition) is 4. The van der Waals surface area contributed by atoms with E-state index in [1.807, 2.05) is 55.5 Å². The highest BCUT2D eigenvalue weighted by Crippen LogP contribution is 2.27. The molecule has 0 bridgehead atoms. The summed E-state index contributed by atoms with van der Waals surface area (Å²) in [6.07, 6.45) is 0. The summed E-state index contributed by atoms with van der Waals surface area (Å²) in [6.45, 7) is 4.36. The van der Waals surface area contributed by atoms with Crippen molar-refractivity contribution in [2.24, 2.45) is 0 Å². The lowest BCUT2D eigenvalue weighted by atomic mass is 10.2. The normalized spacial score (nSPS) is 16.9. The van der Waals surface area contributed by atoms with Crippen LogP contribution in [0, 0.1) is 0 Å². The maximum atomic E-state index is 12.1. The van der Waals surface area contributed by atoms with Crippen molar-refractivity contribution in [1.82, 2.24) is 5.32 Å². The van der Waals surface area contributed by atoms with Crippen molar-refractivity contribution in [1.29, 1.82) is 0 Å². The number of nitrogens with zero attached hydrogens (tertiary/aromatic N) is 1. The van der Waals surface area contributed by atoms with E-state index in [1.54, 1.807) is 6.92 Å². The molecule has 1 atom stereocenters. The van der Waals surface area contributed by atoms with Crippen molar-refractivity contribution < 1.29 is 14.3 Å². The number of ether oxygens (including phenoxy) is 2. The number of rotatable bonds is 5. The van der Waals surface area contributed by atoms with Crippen LogP contribution in [0.15, 0.2) is 48.5 Å². The molecule has 0 saturated carbocycles. The van der Waals surface area contributed by atoms with Gasteiger partial charge in [0.15, 0.2) is 5.11 Å². The fraction of sp³-hybridized carbons (Fsp3) is 0.222. The van der Waals surface area contributed by atoms with Crippen LogP contribution in [0.4, 0.5) is 5.69 Å². The zero-order valence-electron chi connectivity index (χ0n) is 13.5. The molecule has 1 heterocycles. The van der Waals surface area contributed by atoms with Crippen LogP contribution in [0.25, 0.3) is 0 Å². The van der Waals surface area contributed by atoms with Gasteiger partial charge in [-0.1, -0.05) is 0 Å². The Kier molecular flexibility index (Phi) is 4.66. The lowest BCUT2D eigenvalue weighted by Crippen LogP contribution is -2.30. The molecule has 1 aliphatic rings. The van der Waals surface area contributed by atoms with Crippen LogP contribution >= 0.6 is 12.2 Å². The van der Waals surface area contributed by atoms with Crippen molar-refractivity contribution in [3.63, 3.8) is 0 Å². The highest BCUT2D eigenvalue weighted by Gasteiger charge is 2.33. The SMILES string of the molecule is CCOc1ccc(Oc2ccc(N3C(=O)[C@H](C)NC3=S)cc2)cc1. The van der Waals surface area contributed by atoms with E-state index >= 15 is 0 Å². The Bertz CT molecular complexity index is 744. The standard InChI is InChI=1S/C18H18N2O3S/c1-3-22-14-8-10-16(11-9-14)23-15-6-4-13(5-7-15)20-17(21)12(2)19-18(20)24/h4-12H,3H2,1-2H3,(H,19,24)/t12-/m0/s1. The molecular weight excluding hydrogens is 324 g/mol. The molecule has 3 rings (SSSR count). The van der Waals surface area contributed by atoms with E-state index in [1.165, 1.54) is 4.90 Å². The number of carbonyl (C=O) groups excluding carboxylic acids is 1. The van der Waals surface area contributed by atoms with E-state index in [2.05, 4.69) is 5.32 Å². The molecule has 1 aliphatic heterocycles. The van der Waals surface area contributed by atoms with Gasteiger partial charge in [0.1, 0.15) is 23.3 Å². The van der Waals surface area contributed by atoms with Gasteiger partial charge in [0, 0.05) is 0 Å². The Morgan fingerprint density at radius 1 is 1.04 bits per heavy atom. The number of benzene rings is 2. The topological polar surface area (TPSA) is 50.8 Å². The molecule has 1 saturated heterocycles. The predicted molar refractivity (Wildman–Crippen MR) is 96.8 cm³/mol. The van der Waals surface area contributed by atoms with Crippen molar-refractivity contribution >= 4 is 28.9 Å². The first-order valence-corrected chi connectivity index (χ1v) is 8.14. The zero-order chi connectivity index (χ0) is 17.1. The number of nitrogens with one attached hydrogen (secondary N) is 1.